The van der Waals surface area contributed by atoms with Gasteiger partial charge in [-0.25, -0.2) is 4.99 Å². The molecule has 0 atom stereocenters. The van der Waals surface area contributed by atoms with E-state index in [0.29, 0.717) is 23.1 Å². The van der Waals surface area contributed by atoms with Crippen LogP contribution in [0.3, 0.4) is 0 Å². The number of benzene rings is 1. The fraction of sp³-hybridized carbons (Fsp3) is 0.471. The van der Waals surface area contributed by atoms with Crippen LogP contribution in [-0.4, -0.2) is 27.3 Å². The van der Waals surface area contributed by atoms with E-state index < -0.39 is 0 Å². The molecule has 6 nitrogen and oxygen atoms in total. The smallest absolute Gasteiger partial charge is 0.191 e. The molecule has 0 saturated carbocycles. The van der Waals surface area contributed by atoms with Gasteiger partial charge in [0.05, 0.1) is 13.1 Å². The molecule has 144 valence electrons. The first-order valence-corrected chi connectivity index (χ1v) is 9.07. The molecular weight excluding hydrogens is 486 g/mol. The van der Waals surface area contributed by atoms with Crippen molar-refractivity contribution in [2.24, 2.45) is 12.0 Å². The number of nitrogens with one attached hydrogen (secondary N) is 2. The second kappa shape index (κ2) is 11.6. The molecule has 2 N–H and O–H groups in total. The summed E-state index contributed by atoms with van der Waals surface area (Å²) in [6.45, 7) is 5.95. The standard InChI is InChI=1S/C17H24Cl2N6.HI/c1-4-5-8-20-17(22-11-16-24-23-12(2)25(16)3)21-10-13-6-7-14(18)9-15(13)19;/h6-7,9H,4-5,8,10-11H2,1-3H3,(H2,20,21,22);1H. The lowest BCUT2D eigenvalue weighted by molar-refractivity contribution is 0.695. The van der Waals surface area contributed by atoms with Crippen molar-refractivity contribution in [1.82, 2.24) is 25.4 Å². The van der Waals surface area contributed by atoms with E-state index in [1.807, 2.05) is 30.7 Å². The van der Waals surface area contributed by atoms with Gasteiger partial charge in [-0.15, -0.1) is 34.2 Å². The van der Waals surface area contributed by atoms with Crippen LogP contribution in [0.1, 0.15) is 37.0 Å². The molecule has 2 rings (SSSR count). The molecule has 0 aliphatic heterocycles. The Hall–Kier alpha value is -1.06. The number of aliphatic imine (C=N–C) groups is 1. The van der Waals surface area contributed by atoms with Crippen LogP contribution in [0.2, 0.25) is 10.0 Å². The Morgan fingerprint density at radius 3 is 2.62 bits per heavy atom. The Bertz CT molecular complexity index is 732. The summed E-state index contributed by atoms with van der Waals surface area (Å²) < 4.78 is 1.95. The summed E-state index contributed by atoms with van der Waals surface area (Å²) in [5.41, 5.74) is 0.928. The van der Waals surface area contributed by atoms with E-state index in [2.05, 4.69) is 32.7 Å². The van der Waals surface area contributed by atoms with Gasteiger partial charge in [0.25, 0.3) is 0 Å². The first-order valence-electron chi connectivity index (χ1n) is 8.32. The normalized spacial score (nSPS) is 11.2. The predicted octanol–water partition coefficient (Wildman–Crippen LogP) is 4.08. The molecule has 0 radical (unpaired) electrons. The van der Waals surface area contributed by atoms with Crippen molar-refractivity contribution in [2.45, 2.75) is 39.8 Å². The van der Waals surface area contributed by atoms with E-state index in [1.165, 1.54) is 0 Å². The zero-order valence-electron chi connectivity index (χ0n) is 15.2. The van der Waals surface area contributed by atoms with Gasteiger partial charge in [0.1, 0.15) is 5.82 Å². The molecule has 0 spiro atoms. The van der Waals surface area contributed by atoms with Gasteiger partial charge >= 0.3 is 0 Å². The fourth-order valence-electron chi connectivity index (χ4n) is 2.14. The first kappa shape index (κ1) is 23.0. The summed E-state index contributed by atoms with van der Waals surface area (Å²) in [7, 11) is 1.95. The van der Waals surface area contributed by atoms with Gasteiger partial charge < -0.3 is 15.2 Å². The molecule has 0 fully saturated rings. The third-order valence-electron chi connectivity index (χ3n) is 3.84. The van der Waals surface area contributed by atoms with Crippen molar-refractivity contribution in [1.29, 1.82) is 0 Å². The van der Waals surface area contributed by atoms with Gasteiger partial charge in [0, 0.05) is 23.6 Å². The molecule has 0 amide bonds. The molecule has 0 saturated heterocycles. The Kier molecular flexibility index (Phi) is 10.3. The van der Waals surface area contributed by atoms with Gasteiger partial charge in [-0.2, -0.15) is 0 Å². The second-order valence-corrected chi connectivity index (χ2v) is 6.60. The van der Waals surface area contributed by atoms with Crippen molar-refractivity contribution in [3.05, 3.63) is 45.5 Å². The topological polar surface area (TPSA) is 67.1 Å². The maximum atomic E-state index is 6.22. The molecular formula is C17H25Cl2IN6. The fourth-order valence-corrected chi connectivity index (χ4v) is 2.61. The van der Waals surface area contributed by atoms with Crippen molar-refractivity contribution in [2.75, 3.05) is 6.54 Å². The van der Waals surface area contributed by atoms with Gasteiger partial charge in [-0.3, -0.25) is 0 Å². The highest BCUT2D eigenvalue weighted by Gasteiger charge is 2.07. The Balaban J connectivity index is 0.00000338. The highest BCUT2D eigenvalue weighted by molar-refractivity contribution is 14.0. The van der Waals surface area contributed by atoms with E-state index in [4.69, 9.17) is 23.2 Å². The predicted molar refractivity (Wildman–Crippen MR) is 119 cm³/mol. The molecule has 1 heterocycles. The first-order chi connectivity index (χ1) is 12.0. The molecule has 0 unspecified atom stereocenters. The van der Waals surface area contributed by atoms with Crippen molar-refractivity contribution >= 4 is 53.1 Å². The zero-order chi connectivity index (χ0) is 18.2. The Morgan fingerprint density at radius 1 is 1.23 bits per heavy atom. The minimum Gasteiger partial charge on any atom is -0.356 e. The number of halogens is 3. The summed E-state index contributed by atoms with van der Waals surface area (Å²) in [6, 6.07) is 5.44. The molecule has 0 aliphatic carbocycles. The van der Waals surface area contributed by atoms with Crippen molar-refractivity contribution in [3.63, 3.8) is 0 Å². The number of nitrogens with zero attached hydrogens (tertiary/aromatic N) is 4. The van der Waals surface area contributed by atoms with E-state index >= 15 is 0 Å². The van der Waals surface area contributed by atoms with Gasteiger partial charge in [-0.1, -0.05) is 42.6 Å². The van der Waals surface area contributed by atoms with E-state index in [-0.39, 0.29) is 24.0 Å². The van der Waals surface area contributed by atoms with Crippen LogP contribution in [-0.2, 0) is 20.1 Å². The molecule has 1 aromatic carbocycles. The second-order valence-electron chi connectivity index (χ2n) is 5.76. The van der Waals surface area contributed by atoms with Crippen LogP contribution in [0, 0.1) is 6.92 Å². The largest absolute Gasteiger partial charge is 0.356 e. The average Bonchev–Trinajstić information content (AvgIpc) is 2.90. The van der Waals surface area contributed by atoms with Gasteiger partial charge in [0.2, 0.25) is 0 Å². The van der Waals surface area contributed by atoms with Crippen molar-refractivity contribution in [3.8, 4) is 0 Å². The Morgan fingerprint density at radius 2 is 2.00 bits per heavy atom. The number of aryl methyl sites for hydroxylation is 1. The lowest BCUT2D eigenvalue weighted by Gasteiger charge is -2.12. The lowest BCUT2D eigenvalue weighted by atomic mass is 10.2. The SMILES string of the molecule is CCCCNC(=NCc1ccc(Cl)cc1Cl)NCc1nnc(C)n1C.I. The number of guanidine groups is 1. The summed E-state index contributed by atoms with van der Waals surface area (Å²) in [5.74, 6) is 2.45. The van der Waals surface area contributed by atoms with Crippen LogP contribution >= 0.6 is 47.2 Å². The Labute approximate surface area is 181 Å². The van der Waals surface area contributed by atoms with Crippen LogP contribution < -0.4 is 10.6 Å². The third kappa shape index (κ3) is 6.92. The van der Waals surface area contributed by atoms with E-state index in [0.717, 1.165) is 42.6 Å². The quantitative estimate of drug-likeness (QED) is 0.255. The monoisotopic (exact) mass is 510 g/mol. The molecule has 0 aliphatic rings. The number of rotatable bonds is 7. The van der Waals surface area contributed by atoms with Gasteiger partial charge in [0.15, 0.2) is 11.8 Å². The summed E-state index contributed by atoms with van der Waals surface area (Å²) in [6.07, 6.45) is 2.19. The molecule has 2 aromatic rings. The molecule has 0 bridgehead atoms. The van der Waals surface area contributed by atoms with Crippen LogP contribution in [0.4, 0.5) is 0 Å². The third-order valence-corrected chi connectivity index (χ3v) is 4.43. The zero-order valence-corrected chi connectivity index (χ0v) is 19.1. The van der Waals surface area contributed by atoms with Crippen LogP contribution in [0.25, 0.3) is 0 Å². The lowest BCUT2D eigenvalue weighted by Crippen LogP contribution is -2.38. The van der Waals surface area contributed by atoms with Crippen LogP contribution in [0.5, 0.6) is 0 Å². The number of unbranched alkanes of at least 4 members (excludes halogenated alkanes) is 1. The maximum Gasteiger partial charge on any atom is 0.191 e. The summed E-state index contributed by atoms with van der Waals surface area (Å²) >= 11 is 12.2. The number of hydrogen-bond donors (Lipinski definition) is 2. The summed E-state index contributed by atoms with van der Waals surface area (Å²) in [4.78, 5) is 4.62. The molecule has 26 heavy (non-hydrogen) atoms. The highest BCUT2D eigenvalue weighted by atomic mass is 127. The number of aromatic nitrogens is 3. The van der Waals surface area contributed by atoms with Crippen molar-refractivity contribution < 1.29 is 0 Å². The van der Waals surface area contributed by atoms with Gasteiger partial charge in [-0.05, 0) is 31.0 Å². The maximum absolute atomic E-state index is 6.22. The highest BCUT2D eigenvalue weighted by Crippen LogP contribution is 2.21. The summed E-state index contributed by atoms with van der Waals surface area (Å²) in [5, 5.41) is 16.1. The molecule has 1 aromatic heterocycles. The van der Waals surface area contributed by atoms with E-state index in [1.54, 1.807) is 6.07 Å². The average molecular weight is 511 g/mol. The minimum atomic E-state index is 0. The molecule has 9 heteroatoms. The van der Waals surface area contributed by atoms with Crippen LogP contribution in [0.15, 0.2) is 23.2 Å². The number of hydrogen-bond acceptors (Lipinski definition) is 3. The van der Waals surface area contributed by atoms with E-state index in [9.17, 15) is 0 Å². The minimum absolute atomic E-state index is 0.